The molecule has 3 aromatic rings. The molecule has 0 saturated carbocycles. The Morgan fingerprint density at radius 2 is 1.85 bits per heavy atom. The molecule has 5 aliphatic rings. The van der Waals surface area contributed by atoms with Crippen molar-refractivity contribution in [2.45, 2.75) is 75.8 Å². The van der Waals surface area contributed by atoms with Crippen molar-refractivity contribution in [1.82, 2.24) is 20.2 Å². The van der Waals surface area contributed by atoms with Crippen molar-refractivity contribution < 1.29 is 9.13 Å². The highest BCUT2D eigenvalue weighted by atomic mass is 19.1. The fraction of sp³-hybridized carbons (Fsp3) is 0.562. The number of hydrogen-bond acceptors (Lipinski definition) is 7. The van der Waals surface area contributed by atoms with Gasteiger partial charge in [-0.15, -0.1) is 0 Å². The van der Waals surface area contributed by atoms with Gasteiger partial charge in [0, 0.05) is 61.3 Å². The van der Waals surface area contributed by atoms with Crippen LogP contribution in [0, 0.1) is 6.92 Å². The number of nitrogens with one attached hydrogen (secondary N) is 1. The molecule has 4 fully saturated rings. The molecule has 2 aromatic carbocycles. The Bertz CT molecular complexity index is 1430. The van der Waals surface area contributed by atoms with Gasteiger partial charge in [-0.1, -0.05) is 30.3 Å². The third-order valence-electron chi connectivity index (χ3n) is 10.2. The second kappa shape index (κ2) is 9.55. The van der Waals surface area contributed by atoms with E-state index < -0.39 is 6.17 Å². The van der Waals surface area contributed by atoms with Gasteiger partial charge < -0.3 is 19.9 Å². The highest BCUT2D eigenvalue weighted by Crippen LogP contribution is 2.41. The number of aryl methyl sites for hydroxylation is 1. The van der Waals surface area contributed by atoms with E-state index in [0.717, 1.165) is 63.5 Å². The van der Waals surface area contributed by atoms with E-state index in [9.17, 15) is 4.39 Å². The number of hydrogen-bond donors (Lipinski definition) is 1. The van der Waals surface area contributed by atoms with E-state index >= 15 is 0 Å². The van der Waals surface area contributed by atoms with Crippen LogP contribution in [0.5, 0.6) is 6.01 Å². The summed E-state index contributed by atoms with van der Waals surface area (Å²) in [5.41, 5.74) is 4.69. The summed E-state index contributed by atoms with van der Waals surface area (Å²) in [4.78, 5) is 17.4. The summed E-state index contributed by atoms with van der Waals surface area (Å²) in [6, 6.07) is 14.7. The Morgan fingerprint density at radius 1 is 1.02 bits per heavy atom. The van der Waals surface area contributed by atoms with Gasteiger partial charge in [0.2, 0.25) is 0 Å². The van der Waals surface area contributed by atoms with Crippen molar-refractivity contribution in [2.75, 3.05) is 49.1 Å². The average Bonchev–Trinajstić information content (AvgIpc) is 3.61. The molecule has 40 heavy (non-hydrogen) atoms. The molecule has 2 bridgehead atoms. The lowest BCUT2D eigenvalue weighted by Gasteiger charge is -2.38. The van der Waals surface area contributed by atoms with Crippen molar-refractivity contribution in [1.29, 1.82) is 0 Å². The van der Waals surface area contributed by atoms with Crippen LogP contribution in [0.1, 0.15) is 48.9 Å². The lowest BCUT2D eigenvalue weighted by atomic mass is 9.95. The second-order valence-corrected chi connectivity index (χ2v) is 12.8. The molecule has 210 valence electrons. The molecular formula is C32H39FN6O. The number of benzene rings is 2. The highest BCUT2D eigenvalue weighted by Gasteiger charge is 2.49. The second-order valence-electron chi connectivity index (χ2n) is 12.8. The minimum absolute atomic E-state index is 0.209. The van der Waals surface area contributed by atoms with Crippen LogP contribution >= 0.6 is 0 Å². The molecular weight excluding hydrogens is 503 g/mol. The first-order valence-electron chi connectivity index (χ1n) is 15.2. The van der Waals surface area contributed by atoms with Gasteiger partial charge in [-0.25, -0.2) is 4.39 Å². The monoisotopic (exact) mass is 542 g/mol. The summed E-state index contributed by atoms with van der Waals surface area (Å²) in [6.45, 7) is 7.78. The first kappa shape index (κ1) is 24.8. The number of aromatic nitrogens is 2. The van der Waals surface area contributed by atoms with Crippen molar-refractivity contribution >= 4 is 22.3 Å². The van der Waals surface area contributed by atoms with E-state index in [1.165, 1.54) is 40.4 Å². The molecule has 0 amide bonds. The number of alkyl halides is 1. The van der Waals surface area contributed by atoms with Gasteiger partial charge in [-0.05, 0) is 62.6 Å². The molecule has 1 aromatic heterocycles. The molecule has 8 heteroatoms. The van der Waals surface area contributed by atoms with Crippen LogP contribution in [0.15, 0.2) is 36.4 Å². The van der Waals surface area contributed by atoms with Gasteiger partial charge in [0.25, 0.3) is 0 Å². The topological polar surface area (TPSA) is 56.8 Å². The van der Waals surface area contributed by atoms with Gasteiger partial charge in [-0.2, -0.15) is 9.97 Å². The standard InChI is InChI=1S/C32H39FN6O/c1-21-5-2-6-22-7-3-8-28(29(21)22)37-14-11-26-27(19-37)35-31(36-30(26)38-17-24-9-10-25(18-38)34-24)40-20-32-12-4-13-39(32)16-23(33)15-32/h2-3,5-8,23-25,34H,4,9-20H2,1H3/t23-,24?,25?,32+/m1/s1. The normalized spacial score (nSPS) is 29.7. The zero-order valence-corrected chi connectivity index (χ0v) is 23.4. The number of piperazine rings is 1. The predicted octanol–water partition coefficient (Wildman–Crippen LogP) is 4.40. The molecule has 6 heterocycles. The van der Waals surface area contributed by atoms with E-state index in [1.807, 2.05) is 0 Å². The first-order valence-corrected chi connectivity index (χ1v) is 15.2. The number of nitrogens with zero attached hydrogens (tertiary/aromatic N) is 5. The minimum Gasteiger partial charge on any atom is -0.461 e. The maximum Gasteiger partial charge on any atom is 0.318 e. The van der Waals surface area contributed by atoms with Crippen molar-refractivity contribution in [3.05, 3.63) is 53.2 Å². The molecule has 0 radical (unpaired) electrons. The van der Waals surface area contributed by atoms with Crippen LogP contribution in [0.25, 0.3) is 10.8 Å². The molecule has 4 saturated heterocycles. The zero-order chi connectivity index (χ0) is 26.8. The van der Waals surface area contributed by atoms with Gasteiger partial charge >= 0.3 is 6.01 Å². The lowest BCUT2D eigenvalue weighted by molar-refractivity contribution is 0.107. The smallest absolute Gasteiger partial charge is 0.318 e. The minimum atomic E-state index is -0.766. The molecule has 8 rings (SSSR count). The average molecular weight is 543 g/mol. The van der Waals surface area contributed by atoms with Crippen LogP contribution in [0.3, 0.4) is 0 Å². The quantitative estimate of drug-likeness (QED) is 0.513. The number of fused-ring (bicyclic) bond motifs is 5. The summed E-state index contributed by atoms with van der Waals surface area (Å²) >= 11 is 0. The molecule has 2 unspecified atom stereocenters. The molecule has 7 nitrogen and oxygen atoms in total. The van der Waals surface area contributed by atoms with E-state index in [4.69, 9.17) is 14.7 Å². The Hall–Kier alpha value is -2.97. The van der Waals surface area contributed by atoms with Crippen molar-refractivity contribution in [3.8, 4) is 6.01 Å². The predicted molar refractivity (Wildman–Crippen MR) is 156 cm³/mol. The van der Waals surface area contributed by atoms with Gasteiger partial charge in [-0.3, -0.25) is 4.90 Å². The molecule has 0 aliphatic carbocycles. The largest absolute Gasteiger partial charge is 0.461 e. The SMILES string of the molecule is Cc1cccc2cccc(N3CCc4c(nc(OC[C@@]56CCCN5C[C@H](F)C6)nc4N4CC5CCC(C4)N5)C3)c12. The van der Waals surface area contributed by atoms with Crippen LogP contribution in [0.4, 0.5) is 15.9 Å². The fourth-order valence-corrected chi connectivity index (χ4v) is 8.31. The summed E-state index contributed by atoms with van der Waals surface area (Å²) in [6.07, 6.45) is 5.26. The number of halogens is 1. The third-order valence-corrected chi connectivity index (χ3v) is 10.2. The molecule has 5 aliphatic heterocycles. The summed E-state index contributed by atoms with van der Waals surface area (Å²) in [5.74, 6) is 1.06. The highest BCUT2D eigenvalue weighted by molar-refractivity contribution is 5.97. The number of anilines is 2. The molecule has 4 atom stereocenters. The summed E-state index contributed by atoms with van der Waals surface area (Å²) < 4.78 is 20.9. The van der Waals surface area contributed by atoms with Crippen LogP contribution in [0.2, 0.25) is 0 Å². The number of ether oxygens (including phenoxy) is 1. The van der Waals surface area contributed by atoms with Crippen molar-refractivity contribution in [3.63, 3.8) is 0 Å². The van der Waals surface area contributed by atoms with E-state index in [2.05, 4.69) is 63.3 Å². The van der Waals surface area contributed by atoms with Crippen LogP contribution < -0.4 is 19.9 Å². The molecule has 1 N–H and O–H groups in total. The Balaban J connectivity index is 1.14. The van der Waals surface area contributed by atoms with Crippen molar-refractivity contribution in [2.24, 2.45) is 0 Å². The Labute approximate surface area is 235 Å². The van der Waals surface area contributed by atoms with Gasteiger partial charge in [0.15, 0.2) is 0 Å². The van der Waals surface area contributed by atoms with E-state index in [0.29, 0.717) is 37.7 Å². The third kappa shape index (κ3) is 4.14. The Morgan fingerprint density at radius 3 is 2.70 bits per heavy atom. The maximum atomic E-state index is 14.4. The summed E-state index contributed by atoms with van der Waals surface area (Å²) in [7, 11) is 0. The van der Waals surface area contributed by atoms with Gasteiger partial charge in [0.05, 0.1) is 17.8 Å². The zero-order valence-electron chi connectivity index (χ0n) is 23.4. The molecule has 0 spiro atoms. The van der Waals surface area contributed by atoms with Crippen LogP contribution in [-0.2, 0) is 13.0 Å². The summed E-state index contributed by atoms with van der Waals surface area (Å²) in [5, 5.41) is 6.35. The maximum absolute atomic E-state index is 14.4. The van der Waals surface area contributed by atoms with Gasteiger partial charge in [0.1, 0.15) is 18.6 Å². The number of rotatable bonds is 5. The van der Waals surface area contributed by atoms with E-state index in [-0.39, 0.29) is 5.54 Å². The lowest BCUT2D eigenvalue weighted by Crippen LogP contribution is -2.52. The first-order chi connectivity index (χ1) is 19.5. The van der Waals surface area contributed by atoms with Crippen LogP contribution in [-0.4, -0.2) is 78.0 Å². The fourth-order valence-electron chi connectivity index (χ4n) is 8.31. The van der Waals surface area contributed by atoms with E-state index in [1.54, 1.807) is 0 Å². The Kier molecular flexibility index (Phi) is 5.92.